The molecule has 1 amide bonds. The highest BCUT2D eigenvalue weighted by Gasteiger charge is 2.20. The Morgan fingerprint density at radius 3 is 2.71 bits per heavy atom. The molecular formula is C9H19NO4. The third kappa shape index (κ3) is 6.82. The first-order valence-electron chi connectivity index (χ1n) is 4.57. The number of rotatable bonds is 7. The lowest BCUT2D eigenvalue weighted by molar-refractivity contribution is -0.127. The number of amides is 1. The molecule has 0 rings (SSSR count). The van der Waals surface area contributed by atoms with Gasteiger partial charge in [0.25, 0.3) is 0 Å². The second-order valence-electron chi connectivity index (χ2n) is 3.34. The number of aliphatic hydroxyl groups is 1. The molecule has 0 heterocycles. The number of ether oxygens (including phenoxy) is 2. The number of nitrogens with one attached hydrogen (secondary N) is 1. The lowest BCUT2D eigenvalue weighted by Gasteiger charge is -2.22. The van der Waals surface area contributed by atoms with E-state index in [1.54, 1.807) is 6.92 Å². The van der Waals surface area contributed by atoms with E-state index in [1.165, 1.54) is 7.11 Å². The molecule has 0 aromatic rings. The molecule has 0 fully saturated rings. The maximum Gasteiger partial charge on any atom is 0.246 e. The average Bonchev–Trinajstić information content (AvgIpc) is 2.11. The maximum atomic E-state index is 11.1. The highest BCUT2D eigenvalue weighted by Crippen LogP contribution is 2.00. The molecule has 0 aliphatic rings. The van der Waals surface area contributed by atoms with Crippen molar-refractivity contribution in [2.45, 2.75) is 19.4 Å². The molecule has 0 saturated heterocycles. The van der Waals surface area contributed by atoms with E-state index >= 15 is 0 Å². The summed E-state index contributed by atoms with van der Waals surface area (Å²) >= 11 is 0. The molecule has 0 aliphatic heterocycles. The molecule has 0 spiro atoms. The number of carbonyl (C=O) groups is 1. The topological polar surface area (TPSA) is 67.8 Å². The van der Waals surface area contributed by atoms with Crippen LogP contribution in [0.15, 0.2) is 0 Å². The van der Waals surface area contributed by atoms with Crippen LogP contribution in [0.5, 0.6) is 0 Å². The van der Waals surface area contributed by atoms with Crippen LogP contribution in [0.1, 0.15) is 13.8 Å². The summed E-state index contributed by atoms with van der Waals surface area (Å²) in [7, 11) is 1.50. The number of hydrogen-bond acceptors (Lipinski definition) is 4. The summed E-state index contributed by atoms with van der Waals surface area (Å²) in [6, 6.07) is 0. The van der Waals surface area contributed by atoms with Crippen molar-refractivity contribution in [1.82, 2.24) is 5.32 Å². The van der Waals surface area contributed by atoms with Gasteiger partial charge in [-0.05, 0) is 13.8 Å². The minimum atomic E-state index is -1.03. The second-order valence-corrected chi connectivity index (χ2v) is 3.34. The minimum Gasteiger partial charge on any atom is -0.386 e. The second kappa shape index (κ2) is 6.75. The van der Waals surface area contributed by atoms with E-state index in [2.05, 4.69) is 5.32 Å². The van der Waals surface area contributed by atoms with Crippen LogP contribution < -0.4 is 5.32 Å². The lowest BCUT2D eigenvalue weighted by atomic mass is 10.1. The summed E-state index contributed by atoms with van der Waals surface area (Å²) in [6.45, 7) is 4.28. The molecule has 2 N–H and O–H groups in total. The van der Waals surface area contributed by atoms with Gasteiger partial charge in [-0.3, -0.25) is 4.79 Å². The Labute approximate surface area is 84.4 Å². The van der Waals surface area contributed by atoms with Crippen LogP contribution in [-0.4, -0.2) is 50.1 Å². The van der Waals surface area contributed by atoms with Crippen molar-refractivity contribution in [2.24, 2.45) is 0 Å². The zero-order chi connectivity index (χ0) is 11.0. The van der Waals surface area contributed by atoms with Crippen LogP contribution in [0.3, 0.4) is 0 Å². The minimum absolute atomic E-state index is 0.0273. The number of methoxy groups -OCH3 is 1. The van der Waals surface area contributed by atoms with E-state index in [-0.39, 0.29) is 25.7 Å². The monoisotopic (exact) mass is 205 g/mol. The Morgan fingerprint density at radius 1 is 1.57 bits per heavy atom. The van der Waals surface area contributed by atoms with Crippen LogP contribution in [0, 0.1) is 0 Å². The van der Waals surface area contributed by atoms with Crippen LogP contribution in [0.2, 0.25) is 0 Å². The fraction of sp³-hybridized carbons (Fsp3) is 0.889. The van der Waals surface area contributed by atoms with Crippen LogP contribution in [0.25, 0.3) is 0 Å². The third-order valence-electron chi connectivity index (χ3n) is 1.56. The van der Waals surface area contributed by atoms with Crippen molar-refractivity contribution in [3.8, 4) is 0 Å². The van der Waals surface area contributed by atoms with Gasteiger partial charge in [-0.25, -0.2) is 0 Å². The highest BCUT2D eigenvalue weighted by atomic mass is 16.5. The molecule has 1 unspecified atom stereocenters. The summed E-state index contributed by atoms with van der Waals surface area (Å²) in [5, 5.41) is 12.2. The van der Waals surface area contributed by atoms with Gasteiger partial charge in [-0.1, -0.05) is 0 Å². The van der Waals surface area contributed by atoms with Gasteiger partial charge in [0.2, 0.25) is 5.91 Å². The molecule has 0 aromatic heterocycles. The molecule has 14 heavy (non-hydrogen) atoms. The largest absolute Gasteiger partial charge is 0.386 e. The Hall–Kier alpha value is -0.650. The predicted molar refractivity (Wildman–Crippen MR) is 52.0 cm³/mol. The summed E-state index contributed by atoms with van der Waals surface area (Å²) in [6.07, 6.45) is 0. The molecular weight excluding hydrogens is 186 g/mol. The Bertz CT molecular complexity index is 170. The van der Waals surface area contributed by atoms with Crippen molar-refractivity contribution < 1.29 is 19.4 Å². The first-order chi connectivity index (χ1) is 6.52. The van der Waals surface area contributed by atoms with Gasteiger partial charge in [-0.2, -0.15) is 0 Å². The van der Waals surface area contributed by atoms with Crippen molar-refractivity contribution in [3.05, 3.63) is 0 Å². The quantitative estimate of drug-likeness (QED) is 0.590. The van der Waals surface area contributed by atoms with E-state index in [9.17, 15) is 9.90 Å². The smallest absolute Gasteiger partial charge is 0.246 e. The van der Waals surface area contributed by atoms with E-state index in [0.29, 0.717) is 6.61 Å². The zero-order valence-corrected chi connectivity index (χ0v) is 9.00. The van der Waals surface area contributed by atoms with Gasteiger partial charge < -0.3 is 19.9 Å². The lowest BCUT2D eigenvalue weighted by Crippen LogP contribution is -2.44. The molecule has 84 valence electrons. The molecule has 0 aliphatic carbocycles. The molecule has 0 radical (unpaired) electrons. The van der Waals surface area contributed by atoms with Crippen LogP contribution in [-0.2, 0) is 14.3 Å². The van der Waals surface area contributed by atoms with E-state index in [4.69, 9.17) is 9.47 Å². The SMILES string of the molecule is CCOCC(=O)NCC(C)(O)COC. The van der Waals surface area contributed by atoms with Crippen LogP contribution >= 0.6 is 0 Å². The maximum absolute atomic E-state index is 11.1. The molecule has 0 saturated carbocycles. The summed E-state index contributed by atoms with van der Waals surface area (Å²) in [5.74, 6) is -0.233. The van der Waals surface area contributed by atoms with Gasteiger partial charge in [0, 0.05) is 20.3 Å². The summed E-state index contributed by atoms with van der Waals surface area (Å²) < 4.78 is 9.68. The standard InChI is InChI=1S/C9H19NO4/c1-4-14-5-8(11)10-6-9(2,12)7-13-3/h12H,4-7H2,1-3H3,(H,10,11). The average molecular weight is 205 g/mol. The summed E-state index contributed by atoms with van der Waals surface area (Å²) in [5.41, 5.74) is -1.03. The molecule has 5 heteroatoms. The fourth-order valence-electron chi connectivity index (χ4n) is 0.897. The fourth-order valence-corrected chi connectivity index (χ4v) is 0.897. The molecule has 0 aromatic carbocycles. The van der Waals surface area contributed by atoms with Crippen molar-refractivity contribution in [2.75, 3.05) is 33.5 Å². The highest BCUT2D eigenvalue weighted by molar-refractivity contribution is 5.77. The van der Waals surface area contributed by atoms with Gasteiger partial charge >= 0.3 is 0 Å². The Balaban J connectivity index is 3.64. The first-order valence-corrected chi connectivity index (χ1v) is 4.57. The van der Waals surface area contributed by atoms with Crippen molar-refractivity contribution in [1.29, 1.82) is 0 Å². The first kappa shape index (κ1) is 13.4. The normalized spacial score (nSPS) is 14.9. The zero-order valence-electron chi connectivity index (χ0n) is 9.00. The van der Waals surface area contributed by atoms with Gasteiger partial charge in [0.1, 0.15) is 12.2 Å². The Morgan fingerprint density at radius 2 is 2.21 bits per heavy atom. The predicted octanol–water partition coefficient (Wildman–Crippen LogP) is -0.463. The van der Waals surface area contributed by atoms with E-state index in [0.717, 1.165) is 0 Å². The van der Waals surface area contributed by atoms with E-state index < -0.39 is 5.60 Å². The number of hydrogen-bond donors (Lipinski definition) is 2. The van der Waals surface area contributed by atoms with Crippen molar-refractivity contribution >= 4 is 5.91 Å². The third-order valence-corrected chi connectivity index (χ3v) is 1.56. The van der Waals surface area contributed by atoms with Gasteiger partial charge in [0.15, 0.2) is 0 Å². The van der Waals surface area contributed by atoms with E-state index in [1.807, 2.05) is 6.92 Å². The van der Waals surface area contributed by atoms with Gasteiger partial charge in [0.05, 0.1) is 6.61 Å². The van der Waals surface area contributed by atoms with Crippen molar-refractivity contribution in [3.63, 3.8) is 0 Å². The Kier molecular flexibility index (Phi) is 6.44. The van der Waals surface area contributed by atoms with Crippen LogP contribution in [0.4, 0.5) is 0 Å². The summed E-state index contributed by atoms with van der Waals surface area (Å²) in [4.78, 5) is 11.1. The van der Waals surface area contributed by atoms with Gasteiger partial charge in [-0.15, -0.1) is 0 Å². The number of carbonyl (C=O) groups excluding carboxylic acids is 1. The molecule has 0 bridgehead atoms. The molecule has 5 nitrogen and oxygen atoms in total. The molecule has 1 atom stereocenters.